The summed E-state index contributed by atoms with van der Waals surface area (Å²) < 4.78 is 68.9. The fraction of sp³-hybridized carbons (Fsp3) is 0.792. The second-order valence-electron chi connectivity index (χ2n) is 10.8. The molecular formula is C24H30F5N5O4. The van der Waals surface area contributed by atoms with Crippen molar-refractivity contribution >= 4 is 23.6 Å². The average Bonchev–Trinajstić information content (AvgIpc) is 3.21. The van der Waals surface area contributed by atoms with Gasteiger partial charge in [0.1, 0.15) is 18.1 Å². The molecule has 2 bridgehead atoms. The molecule has 0 radical (unpaired) electrons. The predicted molar refractivity (Wildman–Crippen MR) is 120 cm³/mol. The molecule has 0 spiro atoms. The molecule has 6 atom stereocenters. The van der Waals surface area contributed by atoms with Crippen LogP contribution in [-0.4, -0.2) is 71.3 Å². The second kappa shape index (κ2) is 10.6. The highest BCUT2D eigenvalue weighted by atomic mass is 19.4. The molecule has 14 heteroatoms. The maximum Gasteiger partial charge on any atom is 0.471 e. The zero-order chi connectivity index (χ0) is 27.8. The first-order valence-electron chi connectivity index (χ1n) is 12.9. The number of alkyl halides is 5. The van der Waals surface area contributed by atoms with Crippen LogP contribution in [0.5, 0.6) is 0 Å². The van der Waals surface area contributed by atoms with E-state index in [-0.39, 0.29) is 37.5 Å². The van der Waals surface area contributed by atoms with Gasteiger partial charge in [-0.2, -0.15) is 18.4 Å². The number of nitriles is 1. The normalized spacial score (nSPS) is 30.0. The van der Waals surface area contributed by atoms with Crippen LogP contribution in [0.25, 0.3) is 0 Å². The third-order valence-corrected chi connectivity index (χ3v) is 8.27. The molecule has 0 aromatic heterocycles. The molecule has 38 heavy (non-hydrogen) atoms. The Labute approximate surface area is 215 Å². The van der Waals surface area contributed by atoms with Crippen molar-refractivity contribution in [3.05, 3.63) is 0 Å². The summed E-state index contributed by atoms with van der Waals surface area (Å²) >= 11 is 0. The molecule has 5 fully saturated rings. The minimum absolute atomic E-state index is 0.0504. The van der Waals surface area contributed by atoms with Gasteiger partial charge >= 0.3 is 12.1 Å². The summed E-state index contributed by atoms with van der Waals surface area (Å²) in [6.07, 6.45) is -3.56. The van der Waals surface area contributed by atoms with Gasteiger partial charge in [0.2, 0.25) is 17.7 Å². The van der Waals surface area contributed by atoms with Crippen molar-refractivity contribution in [3.8, 4) is 6.07 Å². The summed E-state index contributed by atoms with van der Waals surface area (Å²) in [4.78, 5) is 51.5. The van der Waals surface area contributed by atoms with Crippen molar-refractivity contribution in [1.82, 2.24) is 20.9 Å². The number of nitrogens with zero attached hydrogens (tertiary/aromatic N) is 2. The van der Waals surface area contributed by atoms with Gasteiger partial charge in [-0.05, 0) is 38.0 Å². The van der Waals surface area contributed by atoms with Crippen molar-refractivity contribution in [3.63, 3.8) is 0 Å². The molecule has 3 aliphatic heterocycles. The van der Waals surface area contributed by atoms with E-state index in [0.717, 1.165) is 11.3 Å². The fourth-order valence-electron chi connectivity index (χ4n) is 6.08. The molecular weight excluding hydrogens is 517 g/mol. The van der Waals surface area contributed by atoms with Crippen LogP contribution in [0.2, 0.25) is 0 Å². The zero-order valence-electron chi connectivity index (χ0n) is 20.5. The lowest BCUT2D eigenvalue weighted by Crippen LogP contribution is -2.71. The molecule has 210 valence electrons. The number of carbonyl (C=O) groups excluding carboxylic acids is 4. The van der Waals surface area contributed by atoms with Gasteiger partial charge in [-0.15, -0.1) is 0 Å². The lowest BCUT2D eigenvalue weighted by atomic mass is 9.71. The van der Waals surface area contributed by atoms with Crippen LogP contribution in [-0.2, 0) is 19.2 Å². The molecule has 9 nitrogen and oxygen atoms in total. The van der Waals surface area contributed by atoms with Gasteiger partial charge in [0.15, 0.2) is 0 Å². The van der Waals surface area contributed by atoms with E-state index in [4.69, 9.17) is 0 Å². The highest BCUT2D eigenvalue weighted by molar-refractivity contribution is 5.94. The van der Waals surface area contributed by atoms with Crippen LogP contribution in [0.1, 0.15) is 57.8 Å². The Balaban J connectivity index is 1.58. The van der Waals surface area contributed by atoms with Crippen LogP contribution < -0.4 is 16.0 Å². The van der Waals surface area contributed by atoms with E-state index >= 15 is 0 Å². The Kier molecular flexibility index (Phi) is 7.86. The van der Waals surface area contributed by atoms with E-state index < -0.39 is 72.2 Å². The van der Waals surface area contributed by atoms with Gasteiger partial charge in [0.05, 0.1) is 12.0 Å². The first-order valence-corrected chi connectivity index (χ1v) is 12.9. The molecule has 5 aliphatic rings. The molecule has 4 amide bonds. The summed E-state index contributed by atoms with van der Waals surface area (Å²) in [6, 6.07) is -3.83. The molecule has 5 rings (SSSR count). The second-order valence-corrected chi connectivity index (χ2v) is 10.8. The molecule has 3 saturated heterocycles. The SMILES string of the molecule is N#C[C@H](C[C@@H]1CCNC1=O)NC(=O)[C@@H]1[C@@H]2CC[C@@H](CC2(F)F)N1C(=O)[C@H](CC1CCC1)NC(=O)C(F)(F)F. The maximum atomic E-state index is 14.9. The first-order chi connectivity index (χ1) is 17.8. The number of amides is 4. The molecule has 0 aromatic rings. The largest absolute Gasteiger partial charge is 0.471 e. The average molecular weight is 548 g/mol. The van der Waals surface area contributed by atoms with Crippen LogP contribution in [0.15, 0.2) is 0 Å². The van der Waals surface area contributed by atoms with Gasteiger partial charge < -0.3 is 20.9 Å². The van der Waals surface area contributed by atoms with Gasteiger partial charge in [-0.3, -0.25) is 19.2 Å². The minimum atomic E-state index is -5.25. The minimum Gasteiger partial charge on any atom is -0.356 e. The molecule has 3 heterocycles. The van der Waals surface area contributed by atoms with E-state index in [1.165, 1.54) is 0 Å². The summed E-state index contributed by atoms with van der Waals surface area (Å²) in [5.41, 5.74) is 0. The van der Waals surface area contributed by atoms with Crippen LogP contribution in [0, 0.1) is 29.1 Å². The third-order valence-electron chi connectivity index (χ3n) is 8.27. The Morgan fingerprint density at radius 2 is 1.82 bits per heavy atom. The van der Waals surface area contributed by atoms with Gasteiger partial charge in [-0.1, -0.05) is 19.3 Å². The van der Waals surface area contributed by atoms with E-state index in [1.54, 1.807) is 5.32 Å². The lowest BCUT2D eigenvalue weighted by Gasteiger charge is -2.54. The number of nitrogens with one attached hydrogen (secondary N) is 3. The zero-order valence-corrected chi connectivity index (χ0v) is 20.5. The number of halogens is 5. The van der Waals surface area contributed by atoms with Crippen molar-refractivity contribution in [2.75, 3.05) is 6.54 Å². The monoisotopic (exact) mass is 547 g/mol. The number of fused-ring (bicyclic) bond motifs is 3. The van der Waals surface area contributed by atoms with Crippen molar-refractivity contribution in [2.24, 2.45) is 17.8 Å². The third kappa shape index (κ3) is 5.71. The quantitative estimate of drug-likeness (QED) is 0.399. The summed E-state index contributed by atoms with van der Waals surface area (Å²) in [7, 11) is 0. The van der Waals surface area contributed by atoms with E-state index in [0.29, 0.717) is 25.8 Å². The molecule has 0 unspecified atom stereocenters. The lowest BCUT2D eigenvalue weighted by molar-refractivity contribution is -0.196. The van der Waals surface area contributed by atoms with Crippen LogP contribution in [0.4, 0.5) is 22.0 Å². The highest BCUT2D eigenvalue weighted by Gasteiger charge is 2.61. The summed E-state index contributed by atoms with van der Waals surface area (Å²) in [5, 5.41) is 16.3. The van der Waals surface area contributed by atoms with Gasteiger partial charge in [-0.25, -0.2) is 8.78 Å². The Hall–Kier alpha value is -2.98. The molecule has 0 aromatic carbocycles. The smallest absolute Gasteiger partial charge is 0.356 e. The number of piperidine rings is 2. The number of rotatable bonds is 8. The van der Waals surface area contributed by atoms with Gasteiger partial charge in [0, 0.05) is 24.9 Å². The number of hydrogen-bond donors (Lipinski definition) is 3. The van der Waals surface area contributed by atoms with Crippen molar-refractivity contribution < 1.29 is 41.1 Å². The van der Waals surface area contributed by atoms with Crippen molar-refractivity contribution in [1.29, 1.82) is 5.26 Å². The standard InChI is InChI=1S/C24H30F5N5O4/c25-23(26)10-15-4-5-16(23)18(20(36)32-14(11-30)9-13-6-7-31-19(13)35)34(15)21(37)17(8-12-2-1-3-12)33-22(38)24(27,28)29/h12-18H,1-10H2,(H,31,35)(H,32,36)(H,33,38)/t13-,14-,15-,16-,17-,18-/m0/s1. The first kappa shape index (κ1) is 28.0. The highest BCUT2D eigenvalue weighted by Crippen LogP contribution is 2.49. The number of carbonyl (C=O) groups is 4. The molecule has 2 aliphatic carbocycles. The predicted octanol–water partition coefficient (Wildman–Crippen LogP) is 1.77. The van der Waals surface area contributed by atoms with E-state index in [2.05, 4.69) is 10.6 Å². The Bertz CT molecular complexity index is 1010. The fourth-order valence-corrected chi connectivity index (χ4v) is 6.08. The Morgan fingerprint density at radius 3 is 2.34 bits per heavy atom. The van der Waals surface area contributed by atoms with Crippen LogP contribution >= 0.6 is 0 Å². The molecule has 2 saturated carbocycles. The topological polar surface area (TPSA) is 131 Å². The number of hydrogen-bond acceptors (Lipinski definition) is 5. The van der Waals surface area contributed by atoms with E-state index in [9.17, 15) is 46.4 Å². The molecule has 3 N–H and O–H groups in total. The Morgan fingerprint density at radius 1 is 1.11 bits per heavy atom. The van der Waals surface area contributed by atoms with Crippen LogP contribution in [0.3, 0.4) is 0 Å². The van der Waals surface area contributed by atoms with Gasteiger partial charge in [0.25, 0.3) is 5.92 Å². The summed E-state index contributed by atoms with van der Waals surface area (Å²) in [5.74, 6) is -10.2. The van der Waals surface area contributed by atoms with E-state index in [1.807, 2.05) is 6.07 Å². The van der Waals surface area contributed by atoms with Crippen molar-refractivity contribution in [2.45, 2.75) is 94.1 Å². The summed E-state index contributed by atoms with van der Waals surface area (Å²) in [6.45, 7) is 0.405. The maximum absolute atomic E-state index is 14.9.